The predicted molar refractivity (Wildman–Crippen MR) is 73.9 cm³/mol. The van der Waals surface area contributed by atoms with E-state index in [9.17, 15) is 14.9 Å². The van der Waals surface area contributed by atoms with Gasteiger partial charge in [-0.1, -0.05) is 0 Å². The maximum atomic E-state index is 10.7. The van der Waals surface area contributed by atoms with E-state index >= 15 is 0 Å². The Kier molecular flexibility index (Phi) is 4.18. The van der Waals surface area contributed by atoms with Crippen LogP contribution in [0.25, 0.3) is 0 Å². The van der Waals surface area contributed by atoms with Crippen LogP contribution in [0.15, 0.2) is 41.3 Å². The number of carboxylic acids is 1. The number of carboxylic acid groups (broad SMARTS) is 1. The van der Waals surface area contributed by atoms with Gasteiger partial charge in [0.15, 0.2) is 0 Å². The molecule has 7 heteroatoms. The van der Waals surface area contributed by atoms with Gasteiger partial charge in [-0.05, 0) is 24.3 Å². The molecule has 0 amide bonds. The number of carbonyl (C=O) groups is 1. The zero-order valence-corrected chi connectivity index (χ0v) is 11.2. The molecule has 0 saturated heterocycles. The van der Waals surface area contributed by atoms with Crippen molar-refractivity contribution in [2.75, 3.05) is 0 Å². The third-order valence-electron chi connectivity index (χ3n) is 2.30. The van der Waals surface area contributed by atoms with Gasteiger partial charge in [-0.2, -0.15) is 0 Å². The van der Waals surface area contributed by atoms with Crippen LogP contribution in [0.3, 0.4) is 0 Å². The first-order chi connectivity index (χ1) is 9.06. The highest BCUT2D eigenvalue weighted by atomic mass is 32.2. The third-order valence-corrected chi connectivity index (χ3v) is 4.62. The van der Waals surface area contributed by atoms with Gasteiger partial charge in [0.2, 0.25) is 0 Å². The van der Waals surface area contributed by atoms with Crippen LogP contribution in [-0.4, -0.2) is 16.0 Å². The lowest BCUT2D eigenvalue weighted by Crippen LogP contribution is -1.89. The van der Waals surface area contributed by atoms with Gasteiger partial charge in [0.1, 0.15) is 4.88 Å². The molecule has 0 saturated carbocycles. The number of benzene rings is 1. The van der Waals surface area contributed by atoms with E-state index < -0.39 is 10.9 Å². The minimum Gasteiger partial charge on any atom is -0.477 e. The highest BCUT2D eigenvalue weighted by Crippen LogP contribution is 2.28. The standard InChI is InChI=1S/C12H9NO4S2/c14-12(15)11-6-5-10(19-11)7-18-9-3-1-8(2-4-9)13(16)17/h1-6H,7H2,(H,14,15). The number of nitrogens with zero attached hydrogens (tertiary/aromatic N) is 1. The van der Waals surface area contributed by atoms with E-state index in [1.165, 1.54) is 35.2 Å². The van der Waals surface area contributed by atoms with Crippen molar-refractivity contribution in [1.29, 1.82) is 0 Å². The fraction of sp³-hybridized carbons (Fsp3) is 0.0833. The number of hydrogen-bond donors (Lipinski definition) is 1. The number of aromatic carboxylic acids is 1. The smallest absolute Gasteiger partial charge is 0.345 e. The zero-order valence-electron chi connectivity index (χ0n) is 9.61. The van der Waals surface area contributed by atoms with Crippen LogP contribution in [0.2, 0.25) is 0 Å². The largest absolute Gasteiger partial charge is 0.477 e. The van der Waals surface area contributed by atoms with Crippen LogP contribution in [0.5, 0.6) is 0 Å². The fourth-order valence-electron chi connectivity index (χ4n) is 1.39. The molecule has 0 aliphatic heterocycles. The number of nitro groups is 1. The predicted octanol–water partition coefficient (Wildman–Crippen LogP) is 3.65. The van der Waals surface area contributed by atoms with Gasteiger partial charge in [-0.25, -0.2) is 4.79 Å². The first-order valence-corrected chi connectivity index (χ1v) is 7.06. The van der Waals surface area contributed by atoms with Gasteiger partial charge in [0.25, 0.3) is 5.69 Å². The van der Waals surface area contributed by atoms with Crippen LogP contribution in [0, 0.1) is 10.1 Å². The average Bonchev–Trinajstić information content (AvgIpc) is 2.86. The van der Waals surface area contributed by atoms with Crippen molar-refractivity contribution < 1.29 is 14.8 Å². The molecule has 98 valence electrons. The lowest BCUT2D eigenvalue weighted by molar-refractivity contribution is -0.384. The summed E-state index contributed by atoms with van der Waals surface area (Å²) in [5.41, 5.74) is 0.0636. The quantitative estimate of drug-likeness (QED) is 0.517. The molecule has 1 aromatic heterocycles. The SMILES string of the molecule is O=C(O)c1ccc(CSc2ccc([N+](=O)[O-])cc2)s1. The lowest BCUT2D eigenvalue weighted by Gasteiger charge is -1.99. The van der Waals surface area contributed by atoms with E-state index in [2.05, 4.69) is 0 Å². The number of non-ortho nitro benzene ring substituents is 1. The van der Waals surface area contributed by atoms with Crippen LogP contribution in [0.1, 0.15) is 14.5 Å². The zero-order chi connectivity index (χ0) is 13.8. The van der Waals surface area contributed by atoms with Crippen molar-refractivity contribution in [1.82, 2.24) is 0 Å². The lowest BCUT2D eigenvalue weighted by atomic mass is 10.3. The molecule has 0 fully saturated rings. The van der Waals surface area contributed by atoms with Crippen molar-refractivity contribution in [2.45, 2.75) is 10.6 Å². The van der Waals surface area contributed by atoms with E-state index in [1.807, 2.05) is 0 Å². The van der Waals surface area contributed by atoms with E-state index in [0.717, 1.165) is 9.77 Å². The highest BCUT2D eigenvalue weighted by molar-refractivity contribution is 7.98. The van der Waals surface area contributed by atoms with Gasteiger partial charge in [-0.15, -0.1) is 23.1 Å². The molecule has 0 atom stereocenters. The average molecular weight is 295 g/mol. The monoisotopic (exact) mass is 295 g/mol. The molecule has 5 nitrogen and oxygen atoms in total. The van der Waals surface area contributed by atoms with Crippen molar-refractivity contribution in [3.8, 4) is 0 Å². The molecule has 0 bridgehead atoms. The van der Waals surface area contributed by atoms with Gasteiger partial charge in [0, 0.05) is 27.7 Å². The summed E-state index contributed by atoms with van der Waals surface area (Å²) >= 11 is 2.75. The molecule has 1 aromatic carbocycles. The second-order valence-corrected chi connectivity index (χ2v) is 5.83. The Hall–Kier alpha value is -1.86. The molecule has 0 unspecified atom stereocenters. The molecule has 0 aliphatic rings. The summed E-state index contributed by atoms with van der Waals surface area (Å²) in [6, 6.07) is 9.66. The molecule has 1 heterocycles. The molecule has 1 N–H and O–H groups in total. The van der Waals surface area contributed by atoms with Crippen molar-refractivity contribution in [3.05, 3.63) is 56.3 Å². The first-order valence-electron chi connectivity index (χ1n) is 5.25. The maximum Gasteiger partial charge on any atom is 0.345 e. The summed E-state index contributed by atoms with van der Waals surface area (Å²) in [4.78, 5) is 23.0. The van der Waals surface area contributed by atoms with E-state index in [4.69, 9.17) is 5.11 Å². The summed E-state index contributed by atoms with van der Waals surface area (Å²) in [5.74, 6) is -0.271. The Morgan fingerprint density at radius 3 is 2.47 bits per heavy atom. The molecule has 19 heavy (non-hydrogen) atoms. The first kappa shape index (κ1) is 13.6. The van der Waals surface area contributed by atoms with Gasteiger partial charge in [0.05, 0.1) is 4.92 Å². The normalized spacial score (nSPS) is 10.3. The molecule has 2 aromatic rings. The summed E-state index contributed by atoms with van der Waals surface area (Å²) in [6.07, 6.45) is 0. The van der Waals surface area contributed by atoms with Crippen LogP contribution < -0.4 is 0 Å². The third kappa shape index (κ3) is 3.55. The highest BCUT2D eigenvalue weighted by Gasteiger charge is 2.08. The Morgan fingerprint density at radius 1 is 1.26 bits per heavy atom. The number of rotatable bonds is 5. The molecule has 0 aliphatic carbocycles. The number of nitro benzene ring substituents is 1. The fourth-order valence-corrected chi connectivity index (χ4v) is 3.18. The Bertz CT molecular complexity index is 606. The second-order valence-electron chi connectivity index (χ2n) is 3.61. The Labute approximate surface area is 117 Å². The van der Waals surface area contributed by atoms with E-state index in [-0.39, 0.29) is 5.69 Å². The van der Waals surface area contributed by atoms with Gasteiger partial charge < -0.3 is 5.11 Å². The molecule has 2 rings (SSSR count). The topological polar surface area (TPSA) is 80.4 Å². The summed E-state index contributed by atoms with van der Waals surface area (Å²) in [7, 11) is 0. The van der Waals surface area contributed by atoms with Crippen LogP contribution >= 0.6 is 23.1 Å². The Balaban J connectivity index is 1.97. The number of hydrogen-bond acceptors (Lipinski definition) is 5. The van der Waals surface area contributed by atoms with Crippen molar-refractivity contribution in [3.63, 3.8) is 0 Å². The van der Waals surface area contributed by atoms with Crippen LogP contribution in [-0.2, 0) is 5.75 Å². The molecule has 0 spiro atoms. The molecule has 0 radical (unpaired) electrons. The molecular weight excluding hydrogens is 286 g/mol. The van der Waals surface area contributed by atoms with Crippen molar-refractivity contribution >= 4 is 34.8 Å². The molecular formula is C12H9NO4S2. The van der Waals surface area contributed by atoms with E-state index in [1.54, 1.807) is 24.3 Å². The van der Waals surface area contributed by atoms with Gasteiger partial charge in [-0.3, -0.25) is 10.1 Å². The summed E-state index contributed by atoms with van der Waals surface area (Å²) < 4.78 is 0. The van der Waals surface area contributed by atoms with Crippen LogP contribution in [0.4, 0.5) is 5.69 Å². The minimum absolute atomic E-state index is 0.0636. The van der Waals surface area contributed by atoms with Gasteiger partial charge >= 0.3 is 5.97 Å². The van der Waals surface area contributed by atoms with E-state index in [0.29, 0.717) is 10.6 Å². The van der Waals surface area contributed by atoms with Crippen molar-refractivity contribution in [2.24, 2.45) is 0 Å². The number of thioether (sulfide) groups is 1. The summed E-state index contributed by atoms with van der Waals surface area (Å²) in [5, 5.41) is 19.3. The Morgan fingerprint density at radius 2 is 1.95 bits per heavy atom. The number of thiophene rings is 1. The second kappa shape index (κ2) is 5.85. The minimum atomic E-state index is -0.920. The summed E-state index contributed by atoms with van der Waals surface area (Å²) in [6.45, 7) is 0. The maximum absolute atomic E-state index is 10.7.